The molecule has 0 spiro atoms. The number of rotatable bonds is 4. The van der Waals surface area contributed by atoms with E-state index in [1.165, 1.54) is 12.3 Å². The lowest BCUT2D eigenvalue weighted by Crippen LogP contribution is -2.60. The Labute approximate surface area is 185 Å². The summed E-state index contributed by atoms with van der Waals surface area (Å²) in [5, 5.41) is 49.7. The highest BCUT2D eigenvalue weighted by atomic mass is 16.7. The van der Waals surface area contributed by atoms with Gasteiger partial charge in [0.1, 0.15) is 53.1 Å². The van der Waals surface area contributed by atoms with Gasteiger partial charge >= 0.3 is 0 Å². The van der Waals surface area contributed by atoms with E-state index in [1.54, 1.807) is 18.2 Å². The molecule has 33 heavy (non-hydrogen) atoms. The molecule has 2 aliphatic rings. The molecule has 1 aromatic heterocycles. The first-order valence-corrected chi connectivity index (χ1v) is 10.0. The molecule has 11 heteroatoms. The highest BCUT2D eigenvalue weighted by Gasteiger charge is 2.44. The van der Waals surface area contributed by atoms with Gasteiger partial charge in [-0.1, -0.05) is 6.07 Å². The van der Waals surface area contributed by atoms with E-state index in [1.807, 2.05) is 0 Å². The van der Waals surface area contributed by atoms with Crippen LogP contribution in [0.4, 0.5) is 0 Å². The van der Waals surface area contributed by atoms with E-state index in [4.69, 9.17) is 23.4 Å². The van der Waals surface area contributed by atoms with E-state index in [0.29, 0.717) is 17.1 Å². The van der Waals surface area contributed by atoms with Crippen molar-refractivity contribution in [1.29, 1.82) is 0 Å². The van der Waals surface area contributed by atoms with Gasteiger partial charge in [-0.15, -0.1) is 0 Å². The summed E-state index contributed by atoms with van der Waals surface area (Å²) >= 11 is 0. The molecule has 174 valence electrons. The molecule has 0 amide bonds. The number of aliphatic hydroxyl groups is 4. The lowest BCUT2D eigenvalue weighted by atomic mass is 9.99. The SMILES string of the molecule is O=c1c(-c2ccc3c(c2)OCO3)coc2cc(O[C@@H]3O[C@@H](CO)[C@@H](O)[C@H](O)[C@H]3O)cc(O)c12. The maximum absolute atomic E-state index is 13.1. The molecule has 0 radical (unpaired) electrons. The van der Waals surface area contributed by atoms with Crippen molar-refractivity contribution in [2.24, 2.45) is 0 Å². The summed E-state index contributed by atoms with van der Waals surface area (Å²) in [5.74, 6) is 0.563. The Morgan fingerprint density at radius 3 is 2.58 bits per heavy atom. The number of hydrogen-bond acceptors (Lipinski definition) is 11. The number of aromatic hydroxyl groups is 1. The van der Waals surface area contributed by atoms with Crippen molar-refractivity contribution in [3.63, 3.8) is 0 Å². The molecule has 0 unspecified atom stereocenters. The van der Waals surface area contributed by atoms with Crippen molar-refractivity contribution >= 4 is 11.0 Å². The molecule has 2 aliphatic heterocycles. The third-order valence-electron chi connectivity index (χ3n) is 5.61. The van der Waals surface area contributed by atoms with Crippen LogP contribution in [-0.4, -0.2) is 69.6 Å². The van der Waals surface area contributed by atoms with Crippen LogP contribution in [0.5, 0.6) is 23.0 Å². The summed E-state index contributed by atoms with van der Waals surface area (Å²) in [6, 6.07) is 7.40. The molecule has 5 N–H and O–H groups in total. The lowest BCUT2D eigenvalue weighted by Gasteiger charge is -2.39. The minimum atomic E-state index is -1.64. The summed E-state index contributed by atoms with van der Waals surface area (Å²) in [6.45, 7) is -0.533. The maximum atomic E-state index is 13.1. The van der Waals surface area contributed by atoms with Crippen molar-refractivity contribution in [3.8, 4) is 34.1 Å². The Hall–Kier alpha value is -3.35. The standard InChI is InChI=1S/C22H20O11/c23-6-16-19(26)20(27)21(28)22(33-16)32-10-4-12(24)17-15(5-10)29-7-11(18(17)25)9-1-2-13-14(3-9)31-8-30-13/h1-5,7,16,19-24,26-28H,6,8H2/t16-,19+,20-,21+,22+/m0/s1. The first-order valence-electron chi connectivity index (χ1n) is 10.0. The average Bonchev–Trinajstić information content (AvgIpc) is 3.27. The minimum absolute atomic E-state index is 0.00378. The summed E-state index contributed by atoms with van der Waals surface area (Å²) in [4.78, 5) is 13.1. The molecule has 0 aliphatic carbocycles. The fraction of sp³-hybridized carbons (Fsp3) is 0.318. The molecule has 1 saturated heterocycles. The van der Waals surface area contributed by atoms with Crippen molar-refractivity contribution < 1.29 is 48.9 Å². The zero-order valence-corrected chi connectivity index (χ0v) is 17.0. The number of benzene rings is 2. The molecule has 5 atom stereocenters. The number of phenolic OH excluding ortho intramolecular Hbond substituents is 1. The quantitative estimate of drug-likeness (QED) is 0.357. The molecule has 1 fully saturated rings. The first kappa shape index (κ1) is 21.5. The van der Waals surface area contributed by atoms with Crippen molar-refractivity contribution in [1.82, 2.24) is 0 Å². The Morgan fingerprint density at radius 2 is 1.79 bits per heavy atom. The zero-order chi connectivity index (χ0) is 23.3. The topological polar surface area (TPSA) is 168 Å². The summed E-state index contributed by atoms with van der Waals surface area (Å²) < 4.78 is 27.0. The molecule has 3 heterocycles. The fourth-order valence-corrected chi connectivity index (χ4v) is 3.84. The second-order valence-corrected chi connectivity index (χ2v) is 7.68. The number of ether oxygens (including phenoxy) is 4. The monoisotopic (exact) mass is 460 g/mol. The maximum Gasteiger partial charge on any atom is 0.231 e. The van der Waals surface area contributed by atoms with E-state index in [0.717, 1.165) is 6.07 Å². The molecular weight excluding hydrogens is 440 g/mol. The van der Waals surface area contributed by atoms with Gasteiger partial charge in [-0.25, -0.2) is 0 Å². The Morgan fingerprint density at radius 1 is 1.00 bits per heavy atom. The van der Waals surface area contributed by atoms with E-state index in [9.17, 15) is 30.3 Å². The van der Waals surface area contributed by atoms with Crippen LogP contribution in [0.15, 0.2) is 45.8 Å². The molecule has 0 saturated carbocycles. The Kier molecular flexibility index (Phi) is 5.35. The zero-order valence-electron chi connectivity index (χ0n) is 17.0. The molecule has 5 rings (SSSR count). The molecule has 11 nitrogen and oxygen atoms in total. The predicted molar refractivity (Wildman–Crippen MR) is 110 cm³/mol. The number of hydrogen-bond donors (Lipinski definition) is 5. The van der Waals surface area contributed by atoms with Crippen LogP contribution in [-0.2, 0) is 4.74 Å². The second-order valence-electron chi connectivity index (χ2n) is 7.68. The van der Waals surface area contributed by atoms with Gasteiger partial charge < -0.3 is 48.9 Å². The van der Waals surface area contributed by atoms with Gasteiger partial charge in [-0.2, -0.15) is 0 Å². The van der Waals surface area contributed by atoms with Gasteiger partial charge in [0.15, 0.2) is 11.5 Å². The van der Waals surface area contributed by atoms with Crippen LogP contribution >= 0.6 is 0 Å². The van der Waals surface area contributed by atoms with Crippen LogP contribution in [0.1, 0.15) is 0 Å². The highest BCUT2D eigenvalue weighted by molar-refractivity contribution is 5.88. The van der Waals surface area contributed by atoms with E-state index >= 15 is 0 Å². The lowest BCUT2D eigenvalue weighted by molar-refractivity contribution is -0.277. The van der Waals surface area contributed by atoms with Crippen LogP contribution in [0.2, 0.25) is 0 Å². The van der Waals surface area contributed by atoms with E-state index in [2.05, 4.69) is 0 Å². The third-order valence-corrected chi connectivity index (χ3v) is 5.61. The molecular formula is C22H20O11. The van der Waals surface area contributed by atoms with Gasteiger partial charge in [-0.05, 0) is 17.7 Å². The summed E-state index contributed by atoms with van der Waals surface area (Å²) in [7, 11) is 0. The third kappa shape index (κ3) is 3.65. The predicted octanol–water partition coefficient (Wildman–Crippen LogP) is 0.0730. The largest absolute Gasteiger partial charge is 0.507 e. The van der Waals surface area contributed by atoms with E-state index < -0.39 is 48.5 Å². The highest BCUT2D eigenvalue weighted by Crippen LogP contribution is 2.37. The Balaban J connectivity index is 1.47. The van der Waals surface area contributed by atoms with Gasteiger partial charge in [0, 0.05) is 12.1 Å². The van der Waals surface area contributed by atoms with Crippen LogP contribution in [0.3, 0.4) is 0 Å². The van der Waals surface area contributed by atoms with Crippen molar-refractivity contribution in [3.05, 3.63) is 46.8 Å². The normalized spacial score (nSPS) is 26.5. The van der Waals surface area contributed by atoms with Crippen LogP contribution in [0, 0.1) is 0 Å². The van der Waals surface area contributed by atoms with Gasteiger partial charge in [0.25, 0.3) is 0 Å². The van der Waals surface area contributed by atoms with Gasteiger partial charge in [-0.3, -0.25) is 4.79 Å². The number of fused-ring (bicyclic) bond motifs is 2. The first-order chi connectivity index (χ1) is 15.9. The summed E-state index contributed by atoms with van der Waals surface area (Å²) in [6.07, 6.45) is -6.19. The average molecular weight is 460 g/mol. The number of phenols is 1. The van der Waals surface area contributed by atoms with Crippen LogP contribution in [0.25, 0.3) is 22.1 Å². The van der Waals surface area contributed by atoms with Gasteiger partial charge in [0.05, 0.1) is 12.2 Å². The van der Waals surface area contributed by atoms with Crippen molar-refractivity contribution in [2.75, 3.05) is 13.4 Å². The van der Waals surface area contributed by atoms with Crippen molar-refractivity contribution in [2.45, 2.75) is 30.7 Å². The minimum Gasteiger partial charge on any atom is -0.507 e. The smallest absolute Gasteiger partial charge is 0.231 e. The van der Waals surface area contributed by atoms with Crippen LogP contribution < -0.4 is 19.6 Å². The fourth-order valence-electron chi connectivity index (χ4n) is 3.84. The molecule has 3 aromatic rings. The molecule has 2 aromatic carbocycles. The number of aliphatic hydroxyl groups excluding tert-OH is 4. The van der Waals surface area contributed by atoms with E-state index in [-0.39, 0.29) is 29.1 Å². The Bertz CT molecular complexity index is 1250. The van der Waals surface area contributed by atoms with Gasteiger partial charge in [0.2, 0.25) is 18.5 Å². The molecule has 0 bridgehead atoms. The summed E-state index contributed by atoms with van der Waals surface area (Å²) in [5.41, 5.74) is 0.214. The second kappa shape index (κ2) is 8.21.